The number of alkyl halides is 3. The van der Waals surface area contributed by atoms with Crippen LogP contribution in [-0.4, -0.2) is 17.9 Å². The Hall–Kier alpha value is -0.750. The number of benzene rings is 1. The van der Waals surface area contributed by atoms with Crippen LogP contribution in [0.15, 0.2) is 22.7 Å². The Morgan fingerprint density at radius 2 is 2.06 bits per heavy atom. The van der Waals surface area contributed by atoms with Crippen LogP contribution in [0.5, 0.6) is 5.75 Å². The first-order chi connectivity index (χ1) is 8.33. The molecule has 0 fully saturated rings. The second-order valence-electron chi connectivity index (χ2n) is 3.78. The summed E-state index contributed by atoms with van der Waals surface area (Å²) in [6, 6.07) is 4.91. The van der Waals surface area contributed by atoms with E-state index in [1.165, 1.54) is 0 Å². The average molecular weight is 327 g/mol. The molecule has 102 valence electrons. The van der Waals surface area contributed by atoms with E-state index in [1.807, 2.05) is 0 Å². The van der Waals surface area contributed by atoms with Gasteiger partial charge in [0.15, 0.2) is 0 Å². The number of hydrogen-bond acceptors (Lipinski definition) is 2. The summed E-state index contributed by atoms with van der Waals surface area (Å²) < 4.78 is 42.3. The molecule has 1 unspecified atom stereocenters. The molecule has 1 rings (SSSR count). The van der Waals surface area contributed by atoms with Gasteiger partial charge in [-0.1, -0.05) is 15.9 Å². The summed E-state index contributed by atoms with van der Waals surface area (Å²) in [6.45, 7) is 2.16. The van der Waals surface area contributed by atoms with E-state index in [0.29, 0.717) is 22.4 Å². The summed E-state index contributed by atoms with van der Waals surface area (Å²) in [4.78, 5) is 0. The minimum atomic E-state index is -4.27. The van der Waals surface area contributed by atoms with Gasteiger partial charge in [-0.25, -0.2) is 0 Å². The molecule has 1 atom stereocenters. The molecule has 0 radical (unpaired) electrons. The lowest BCUT2D eigenvalue weighted by atomic mass is 10.0. The Labute approximate surface area is 112 Å². The van der Waals surface area contributed by atoms with E-state index in [0.717, 1.165) is 0 Å². The lowest BCUT2D eigenvalue weighted by molar-refractivity contribution is -0.140. The zero-order valence-electron chi connectivity index (χ0n) is 9.80. The van der Waals surface area contributed by atoms with Crippen LogP contribution in [0.4, 0.5) is 13.2 Å². The van der Waals surface area contributed by atoms with Gasteiger partial charge in [0, 0.05) is 16.5 Å². The molecular formula is C12H14BrF3O2. The van der Waals surface area contributed by atoms with Crippen LogP contribution in [-0.2, 0) is 0 Å². The Kier molecular flexibility index (Phi) is 5.47. The fourth-order valence-electron chi connectivity index (χ4n) is 1.52. The zero-order chi connectivity index (χ0) is 13.8. The van der Waals surface area contributed by atoms with Gasteiger partial charge in [0.2, 0.25) is 0 Å². The third kappa shape index (κ3) is 4.86. The minimum Gasteiger partial charge on any atom is -0.493 e. The van der Waals surface area contributed by atoms with Crippen molar-refractivity contribution in [3.63, 3.8) is 0 Å². The van der Waals surface area contributed by atoms with Gasteiger partial charge in [-0.05, 0) is 31.5 Å². The van der Waals surface area contributed by atoms with Crippen molar-refractivity contribution in [2.45, 2.75) is 32.0 Å². The Morgan fingerprint density at radius 1 is 1.39 bits per heavy atom. The molecule has 0 aliphatic carbocycles. The Balaban J connectivity index is 2.82. The van der Waals surface area contributed by atoms with Crippen LogP contribution in [0.1, 0.15) is 31.4 Å². The molecule has 0 aliphatic rings. The highest BCUT2D eigenvalue weighted by molar-refractivity contribution is 9.10. The van der Waals surface area contributed by atoms with Gasteiger partial charge in [-0.3, -0.25) is 0 Å². The molecule has 6 heteroatoms. The summed E-state index contributed by atoms with van der Waals surface area (Å²) in [5.41, 5.74) is 0.371. The van der Waals surface area contributed by atoms with Gasteiger partial charge >= 0.3 is 6.18 Å². The maximum absolute atomic E-state index is 12.1. The van der Waals surface area contributed by atoms with Crippen molar-refractivity contribution in [2.75, 3.05) is 6.61 Å². The SMILES string of the molecule is CCOc1ccc(Br)cc1C(O)CCC(F)(F)F. The van der Waals surface area contributed by atoms with Crippen molar-refractivity contribution in [2.24, 2.45) is 0 Å². The molecule has 1 aromatic carbocycles. The maximum atomic E-state index is 12.1. The molecule has 0 aromatic heterocycles. The predicted octanol–water partition coefficient (Wildman–Crippen LogP) is 4.22. The molecule has 0 aliphatic heterocycles. The second-order valence-corrected chi connectivity index (χ2v) is 4.70. The summed E-state index contributed by atoms with van der Waals surface area (Å²) in [5, 5.41) is 9.81. The van der Waals surface area contributed by atoms with Crippen LogP contribution in [0.25, 0.3) is 0 Å². The topological polar surface area (TPSA) is 29.5 Å². The summed E-state index contributed by atoms with van der Waals surface area (Å²) in [6.07, 6.45) is -6.85. The Morgan fingerprint density at radius 3 is 2.61 bits per heavy atom. The molecule has 2 nitrogen and oxygen atoms in total. The first-order valence-electron chi connectivity index (χ1n) is 5.50. The van der Waals surface area contributed by atoms with Gasteiger partial charge in [0.25, 0.3) is 0 Å². The lowest BCUT2D eigenvalue weighted by Crippen LogP contribution is -2.11. The van der Waals surface area contributed by atoms with Gasteiger partial charge in [-0.15, -0.1) is 0 Å². The highest BCUT2D eigenvalue weighted by Gasteiger charge is 2.29. The second kappa shape index (κ2) is 6.43. The van der Waals surface area contributed by atoms with Crippen molar-refractivity contribution in [1.82, 2.24) is 0 Å². The summed E-state index contributed by atoms with van der Waals surface area (Å²) in [5.74, 6) is 0.412. The number of aliphatic hydroxyl groups excluding tert-OH is 1. The standard InChI is InChI=1S/C12H14BrF3O2/c1-2-18-11-4-3-8(13)7-9(11)10(17)5-6-12(14,15)16/h3-4,7,10,17H,2,5-6H2,1H3. The van der Waals surface area contributed by atoms with Gasteiger partial charge in [0.1, 0.15) is 5.75 Å². The van der Waals surface area contributed by atoms with E-state index in [4.69, 9.17) is 4.74 Å². The first-order valence-corrected chi connectivity index (χ1v) is 6.30. The van der Waals surface area contributed by atoms with Gasteiger partial charge in [0.05, 0.1) is 12.7 Å². The fourth-order valence-corrected chi connectivity index (χ4v) is 1.90. The molecule has 1 aromatic rings. The van der Waals surface area contributed by atoms with E-state index in [-0.39, 0.29) is 6.42 Å². The largest absolute Gasteiger partial charge is 0.493 e. The average Bonchev–Trinajstić information content (AvgIpc) is 2.27. The van der Waals surface area contributed by atoms with Crippen LogP contribution in [0.3, 0.4) is 0 Å². The highest BCUT2D eigenvalue weighted by atomic mass is 79.9. The number of rotatable bonds is 5. The van der Waals surface area contributed by atoms with Gasteiger partial charge < -0.3 is 9.84 Å². The molecular weight excluding hydrogens is 313 g/mol. The number of halogens is 4. The third-order valence-corrected chi connectivity index (χ3v) is 2.83. The first kappa shape index (κ1) is 15.3. The van der Waals surface area contributed by atoms with Crippen molar-refractivity contribution < 1.29 is 23.0 Å². The third-order valence-electron chi connectivity index (χ3n) is 2.33. The fraction of sp³-hybridized carbons (Fsp3) is 0.500. The normalized spacial score (nSPS) is 13.4. The van der Waals surface area contributed by atoms with Crippen LogP contribution < -0.4 is 4.74 Å². The van der Waals surface area contributed by atoms with E-state index < -0.39 is 18.7 Å². The number of hydrogen-bond donors (Lipinski definition) is 1. The lowest BCUT2D eigenvalue weighted by Gasteiger charge is -2.17. The van der Waals surface area contributed by atoms with E-state index in [1.54, 1.807) is 25.1 Å². The molecule has 0 saturated carbocycles. The zero-order valence-corrected chi connectivity index (χ0v) is 11.4. The molecule has 18 heavy (non-hydrogen) atoms. The number of ether oxygens (including phenoxy) is 1. The monoisotopic (exact) mass is 326 g/mol. The van der Waals surface area contributed by atoms with Crippen LogP contribution in [0.2, 0.25) is 0 Å². The highest BCUT2D eigenvalue weighted by Crippen LogP contribution is 2.33. The summed E-state index contributed by atoms with van der Waals surface area (Å²) in [7, 11) is 0. The minimum absolute atomic E-state index is 0.371. The van der Waals surface area contributed by atoms with Crippen molar-refractivity contribution >= 4 is 15.9 Å². The predicted molar refractivity (Wildman–Crippen MR) is 65.6 cm³/mol. The number of aliphatic hydroxyl groups is 1. The molecule has 0 saturated heterocycles. The van der Waals surface area contributed by atoms with E-state index in [9.17, 15) is 18.3 Å². The molecule has 0 spiro atoms. The quantitative estimate of drug-likeness (QED) is 0.877. The van der Waals surface area contributed by atoms with Crippen LogP contribution in [0, 0.1) is 0 Å². The molecule has 0 amide bonds. The van der Waals surface area contributed by atoms with Crippen LogP contribution >= 0.6 is 15.9 Å². The summed E-state index contributed by atoms with van der Waals surface area (Å²) >= 11 is 3.22. The van der Waals surface area contributed by atoms with Gasteiger partial charge in [-0.2, -0.15) is 13.2 Å². The van der Waals surface area contributed by atoms with E-state index >= 15 is 0 Å². The maximum Gasteiger partial charge on any atom is 0.389 e. The molecule has 0 heterocycles. The molecule has 0 bridgehead atoms. The van der Waals surface area contributed by atoms with Crippen molar-refractivity contribution in [3.8, 4) is 5.75 Å². The smallest absolute Gasteiger partial charge is 0.389 e. The Bertz CT molecular complexity index is 393. The van der Waals surface area contributed by atoms with Crippen molar-refractivity contribution in [3.05, 3.63) is 28.2 Å². The van der Waals surface area contributed by atoms with E-state index in [2.05, 4.69) is 15.9 Å². The van der Waals surface area contributed by atoms with Crippen molar-refractivity contribution in [1.29, 1.82) is 0 Å². The molecule has 1 N–H and O–H groups in total.